The third-order valence-electron chi connectivity index (χ3n) is 20.6. The van der Waals surface area contributed by atoms with E-state index in [9.17, 15) is 19.2 Å². The van der Waals surface area contributed by atoms with Crippen LogP contribution in [0.2, 0.25) is 0 Å². The highest BCUT2D eigenvalue weighted by atomic mass is 16.5. The molecule has 4 aliphatic rings. The van der Waals surface area contributed by atoms with Crippen molar-refractivity contribution in [1.82, 2.24) is 58.0 Å². The second-order valence-corrected chi connectivity index (χ2v) is 28.4. The lowest BCUT2D eigenvalue weighted by Gasteiger charge is -2.37. The predicted octanol–water partition coefficient (Wildman–Crippen LogP) is 9.38. The minimum Gasteiger partial charge on any atom is -0.497 e. The third kappa shape index (κ3) is 18.0. The van der Waals surface area contributed by atoms with Gasteiger partial charge in [0.15, 0.2) is 34.5 Å². The highest BCUT2D eigenvalue weighted by Crippen LogP contribution is 2.35. The summed E-state index contributed by atoms with van der Waals surface area (Å²) in [4.78, 5) is 83.7. The lowest BCUT2D eigenvalue weighted by molar-refractivity contribution is 0.313. The van der Waals surface area contributed by atoms with E-state index in [0.29, 0.717) is 98.0 Å². The number of pyridine rings is 4. The predicted molar refractivity (Wildman–Crippen MR) is 441 cm³/mol. The zero-order chi connectivity index (χ0) is 78.7. The molecule has 0 bridgehead atoms. The molecule has 584 valence electrons. The van der Waals surface area contributed by atoms with Crippen LogP contribution in [0.5, 0.6) is 40.2 Å². The van der Waals surface area contributed by atoms with E-state index in [2.05, 4.69) is 89.9 Å². The number of rotatable bonds is 15. The van der Waals surface area contributed by atoms with E-state index in [-0.39, 0.29) is 22.2 Å². The summed E-state index contributed by atoms with van der Waals surface area (Å²) < 4.78 is 43.6. The largest absolute Gasteiger partial charge is 0.497 e. The van der Waals surface area contributed by atoms with Crippen LogP contribution in [0.1, 0.15) is 27.2 Å². The molecule has 3 atom stereocenters. The van der Waals surface area contributed by atoms with Gasteiger partial charge in [-0.25, -0.2) is 19.9 Å². The first-order valence-electron chi connectivity index (χ1n) is 37.6. The van der Waals surface area contributed by atoms with Gasteiger partial charge in [-0.2, -0.15) is 0 Å². The fourth-order valence-corrected chi connectivity index (χ4v) is 14.5. The Morgan fingerprint density at radius 1 is 0.321 bits per heavy atom. The molecule has 2 N–H and O–H groups in total. The monoisotopic (exact) mass is 1520 g/mol. The summed E-state index contributed by atoms with van der Waals surface area (Å²) >= 11 is 0. The van der Waals surface area contributed by atoms with Gasteiger partial charge in [-0.05, 0) is 175 Å². The minimum absolute atomic E-state index is 0.0779. The number of benzene rings is 4. The number of ether oxygens (including phenoxy) is 7. The molecule has 16 rings (SSSR count). The van der Waals surface area contributed by atoms with Crippen molar-refractivity contribution in [2.75, 3.05) is 169 Å². The number of fused-ring (bicyclic) bond motifs is 4. The normalized spacial score (nSPS) is 16.8. The average molecular weight is 1520 g/mol. The molecule has 0 unspecified atom stereocenters. The number of methoxy groups -OCH3 is 7. The summed E-state index contributed by atoms with van der Waals surface area (Å²) in [6.45, 7) is 19.1. The molecule has 8 aromatic heterocycles. The van der Waals surface area contributed by atoms with Crippen molar-refractivity contribution in [2.24, 2.45) is 0 Å². The molecule has 0 aliphatic carbocycles. The summed E-state index contributed by atoms with van der Waals surface area (Å²) in [5, 5.41) is 6.96. The van der Waals surface area contributed by atoms with Crippen molar-refractivity contribution in [3.63, 3.8) is 0 Å². The van der Waals surface area contributed by atoms with E-state index < -0.39 is 0 Å². The van der Waals surface area contributed by atoms with Crippen LogP contribution in [0.3, 0.4) is 0 Å². The van der Waals surface area contributed by atoms with Gasteiger partial charge in [-0.1, -0.05) is 0 Å². The molecule has 0 spiro atoms. The fourth-order valence-electron chi connectivity index (χ4n) is 14.5. The van der Waals surface area contributed by atoms with Gasteiger partial charge in [0.2, 0.25) is 0 Å². The maximum absolute atomic E-state index is 12.9. The van der Waals surface area contributed by atoms with E-state index in [1.165, 1.54) is 0 Å². The van der Waals surface area contributed by atoms with E-state index >= 15 is 0 Å². The molecule has 4 fully saturated rings. The lowest BCUT2D eigenvalue weighted by atomic mass is 10.1. The van der Waals surface area contributed by atoms with Gasteiger partial charge in [-0.15, -0.1) is 0 Å². The van der Waals surface area contributed by atoms with E-state index in [1.54, 1.807) is 91.6 Å². The molecule has 12 aromatic rings. The first-order valence-corrected chi connectivity index (χ1v) is 37.6. The van der Waals surface area contributed by atoms with Gasteiger partial charge in [0, 0.05) is 168 Å². The molecule has 112 heavy (non-hydrogen) atoms. The Morgan fingerprint density at radius 2 is 0.652 bits per heavy atom. The molecule has 27 nitrogen and oxygen atoms in total. The van der Waals surface area contributed by atoms with Gasteiger partial charge in [0.1, 0.15) is 28.3 Å². The Hall–Kier alpha value is -12.0. The first kappa shape index (κ1) is 78.1. The zero-order valence-corrected chi connectivity index (χ0v) is 65.6. The smallest absolute Gasteiger partial charge is 0.258 e. The van der Waals surface area contributed by atoms with Crippen molar-refractivity contribution in [1.29, 1.82) is 0 Å². The summed E-state index contributed by atoms with van der Waals surface area (Å²) in [6, 6.07) is 47.4. The van der Waals surface area contributed by atoms with E-state index in [0.717, 1.165) is 142 Å². The number of nitrogens with zero attached hydrogens (tertiary/aromatic N) is 14. The van der Waals surface area contributed by atoms with Crippen LogP contribution >= 0.6 is 0 Å². The molecule has 4 saturated heterocycles. The fraction of sp³-hybridized carbons (Fsp3) is 0.341. The van der Waals surface area contributed by atoms with Crippen molar-refractivity contribution in [3.05, 3.63) is 218 Å². The molecule has 12 heterocycles. The van der Waals surface area contributed by atoms with E-state index in [4.69, 9.17) is 38.1 Å². The van der Waals surface area contributed by atoms with Crippen molar-refractivity contribution >= 4 is 45.3 Å². The quantitative estimate of drug-likeness (QED) is 0.0970. The second kappa shape index (κ2) is 35.3. The Labute approximate surface area is 650 Å². The second-order valence-electron chi connectivity index (χ2n) is 28.4. The van der Waals surface area contributed by atoms with Gasteiger partial charge in [0.05, 0.1) is 95.3 Å². The van der Waals surface area contributed by atoms with Gasteiger partial charge >= 0.3 is 0 Å². The Balaban J connectivity index is 0.000000131. The number of hydrogen-bond donors (Lipinski definition) is 2. The molecule has 0 saturated carbocycles. The summed E-state index contributed by atoms with van der Waals surface area (Å²) in [7, 11) is 15.5. The van der Waals surface area contributed by atoms with Crippen LogP contribution in [-0.2, 0) is 0 Å². The Morgan fingerprint density at radius 3 is 1.02 bits per heavy atom. The topological polar surface area (TPSA) is 246 Å². The molecule has 4 aromatic carbocycles. The SMILES string of the molecule is COc1ccc(-c2cc(=O)n3cc(N4CCCN(C)CC4)ccc3n2)cc1OC.COc1ccc(-c2cc(=O)n3cc(N4CCN(C)CC4)ccc3n2)cc1OC.COc1ccc(-c2cc(=O)n3cc(N4CCN[C@@H](C)C4)ccc3n2)cc1.COc1ccc(-c2cc(=O)n3cc(N4C[C@@H](C)N[C@@H](C)C4)ccc3n2)cc1OC. The number of piperazine rings is 3. The van der Waals surface area contributed by atoms with Crippen LogP contribution in [0.4, 0.5) is 22.7 Å². The van der Waals surface area contributed by atoms with Crippen LogP contribution in [0.25, 0.3) is 67.6 Å². The first-order chi connectivity index (χ1) is 54.3. The highest BCUT2D eigenvalue weighted by molar-refractivity contribution is 5.70. The Bertz CT molecular complexity index is 5560. The number of hydrogen-bond acceptors (Lipinski definition) is 23. The van der Waals surface area contributed by atoms with Crippen LogP contribution < -0.4 is 85.6 Å². The number of likely N-dealkylation sites (N-methyl/N-ethyl adjacent to an activating group) is 2. The standard InChI is InChI=1S/2C22H26N4O3.C21H24N4O3.C20H22N4O2/c1-14-11-25(12-15(2)23-14)17-6-8-21-24-18(10-22(27)26(21)13-17)16-5-7-19(28-3)20(9-16)29-4;1-24-9-4-10-25(12-11-24)17-6-8-21-23-18(14-22(27)26(21)15-17)16-5-7-19(28-2)20(13-16)29-3;1-23-8-10-24(11-9-23)16-5-7-20-22-17(13-21(26)25(20)14-16)15-4-6-18(27-2)19(12-15)28-3;1-14-12-23(10-9-21-14)16-5-8-19-22-18(11-20(25)24(19)13-16)15-3-6-17(26-2)7-4-15/h5-10,13-15,23H,11-12H2,1-4H3;5-8,13-15H,4,9-12H2,1-3H3;4-7,12-14H,8-11H2,1-3H3;3-8,11,13-14,21H,9-10,12H2,1-2H3/t14-,15+;;;14-/m...0/s1. The van der Waals surface area contributed by atoms with Crippen LogP contribution in [0.15, 0.2) is 196 Å². The zero-order valence-electron chi connectivity index (χ0n) is 65.6. The van der Waals surface area contributed by atoms with Crippen molar-refractivity contribution in [2.45, 2.75) is 45.3 Å². The molecule has 27 heteroatoms. The maximum atomic E-state index is 12.9. The number of nitrogens with one attached hydrogen (secondary N) is 2. The summed E-state index contributed by atoms with van der Waals surface area (Å²) in [6.07, 6.45) is 8.66. The summed E-state index contributed by atoms with van der Waals surface area (Å²) in [5.74, 6) is 4.51. The number of aromatic nitrogens is 8. The number of anilines is 4. The lowest BCUT2D eigenvalue weighted by Crippen LogP contribution is -2.54. The van der Waals surface area contributed by atoms with Crippen molar-refractivity contribution < 1.29 is 33.2 Å². The van der Waals surface area contributed by atoms with Crippen LogP contribution in [-0.4, -0.2) is 214 Å². The van der Waals surface area contributed by atoms with Crippen LogP contribution in [0, 0.1) is 0 Å². The highest BCUT2D eigenvalue weighted by Gasteiger charge is 2.24. The Kier molecular flexibility index (Phi) is 24.6. The average Bonchev–Trinajstić information content (AvgIpc) is 0.814. The minimum atomic E-state index is -0.113. The molecular formula is C85H98N16O11. The van der Waals surface area contributed by atoms with Gasteiger partial charge in [0.25, 0.3) is 22.2 Å². The molecule has 0 radical (unpaired) electrons. The third-order valence-corrected chi connectivity index (χ3v) is 20.6. The van der Waals surface area contributed by atoms with Crippen molar-refractivity contribution in [3.8, 4) is 85.3 Å². The van der Waals surface area contributed by atoms with Gasteiger partial charge < -0.3 is 73.2 Å². The van der Waals surface area contributed by atoms with Gasteiger partial charge in [-0.3, -0.25) is 36.8 Å². The molecule has 0 amide bonds. The maximum Gasteiger partial charge on any atom is 0.258 e. The molecule has 4 aliphatic heterocycles. The summed E-state index contributed by atoms with van der Waals surface area (Å²) in [5.41, 5.74) is 12.1. The molecular weight excluding hydrogens is 1420 g/mol. The van der Waals surface area contributed by atoms with E-state index in [1.807, 2.05) is 152 Å².